The molecule has 0 aliphatic heterocycles. The second-order valence-electron chi connectivity index (χ2n) is 3.97. The summed E-state index contributed by atoms with van der Waals surface area (Å²) in [6.07, 6.45) is 16.4. The summed E-state index contributed by atoms with van der Waals surface area (Å²) < 4.78 is 0. The lowest BCUT2D eigenvalue weighted by Gasteiger charge is -2.23. The van der Waals surface area contributed by atoms with E-state index in [1.54, 1.807) is 22.3 Å². The van der Waals surface area contributed by atoms with E-state index < -0.39 is 0 Å². The molecule has 0 heterocycles. The molecule has 0 saturated heterocycles. The summed E-state index contributed by atoms with van der Waals surface area (Å²) in [6.45, 7) is 0. The first-order chi connectivity index (χ1) is 6.43. The summed E-state index contributed by atoms with van der Waals surface area (Å²) in [5.41, 5.74) is 6.27. The van der Waals surface area contributed by atoms with Gasteiger partial charge in [-0.2, -0.15) is 0 Å². The van der Waals surface area contributed by atoms with Crippen molar-refractivity contribution in [2.75, 3.05) is 0 Å². The number of allylic oxidation sites excluding steroid dienone is 8. The predicted octanol–water partition coefficient (Wildman–Crippen LogP) is 3.50. The van der Waals surface area contributed by atoms with Crippen LogP contribution in [0.25, 0.3) is 0 Å². The molecular weight excluding hydrogens is 156 g/mol. The van der Waals surface area contributed by atoms with Crippen LogP contribution in [-0.2, 0) is 0 Å². The van der Waals surface area contributed by atoms with Crippen LogP contribution in [-0.4, -0.2) is 0 Å². The maximum atomic E-state index is 2.42. The summed E-state index contributed by atoms with van der Waals surface area (Å²) in [6, 6.07) is 0. The number of hydrogen-bond donors (Lipinski definition) is 0. The average Bonchev–Trinajstić information content (AvgIpc) is 2.61. The maximum absolute atomic E-state index is 2.42. The molecule has 0 aromatic carbocycles. The summed E-state index contributed by atoms with van der Waals surface area (Å²) in [5.74, 6) is 0. The summed E-state index contributed by atoms with van der Waals surface area (Å²) >= 11 is 0. The van der Waals surface area contributed by atoms with Crippen molar-refractivity contribution in [3.8, 4) is 0 Å². The fraction of sp³-hybridized carbons (Fsp3) is 0.308. The molecule has 0 aromatic rings. The molecule has 0 unspecified atom stereocenters. The molecule has 0 heteroatoms. The largest absolute Gasteiger partial charge is 0.0804 e. The molecule has 1 radical (unpaired) electrons. The molecule has 0 fully saturated rings. The van der Waals surface area contributed by atoms with E-state index in [-0.39, 0.29) is 0 Å². The molecule has 3 aliphatic rings. The molecule has 0 amide bonds. The molecule has 0 spiro atoms. The highest BCUT2D eigenvalue weighted by molar-refractivity contribution is 5.55. The Balaban J connectivity index is 2.00. The van der Waals surface area contributed by atoms with E-state index in [2.05, 4.69) is 30.7 Å². The van der Waals surface area contributed by atoms with Crippen molar-refractivity contribution < 1.29 is 0 Å². The lowest BCUT2D eigenvalue weighted by molar-refractivity contribution is 0.905. The standard InChI is InChI=1S/C13H13/c1-2-5-11-9-13-7-3-6-12(13)8-10(11)4-1/h3-7H,1-2,8-9H2. The molecular formula is C13H13. The third-order valence-electron chi connectivity index (χ3n) is 3.13. The molecule has 0 aromatic heterocycles. The second kappa shape index (κ2) is 2.73. The number of fused-ring (bicyclic) bond motifs is 1. The van der Waals surface area contributed by atoms with Gasteiger partial charge in [0.05, 0.1) is 0 Å². The van der Waals surface area contributed by atoms with Gasteiger partial charge in [-0.05, 0) is 42.4 Å². The Kier molecular flexibility index (Phi) is 1.55. The normalized spacial score (nSPS) is 25.2. The van der Waals surface area contributed by atoms with Gasteiger partial charge >= 0.3 is 0 Å². The van der Waals surface area contributed by atoms with E-state index >= 15 is 0 Å². The van der Waals surface area contributed by atoms with E-state index in [1.807, 2.05) is 0 Å². The topological polar surface area (TPSA) is 0 Å². The molecule has 0 atom stereocenters. The first-order valence-corrected chi connectivity index (χ1v) is 5.05. The monoisotopic (exact) mass is 169 g/mol. The minimum atomic E-state index is 1.17. The zero-order valence-corrected chi connectivity index (χ0v) is 7.72. The van der Waals surface area contributed by atoms with Gasteiger partial charge in [0.15, 0.2) is 0 Å². The van der Waals surface area contributed by atoms with Gasteiger partial charge in [-0.1, -0.05) is 29.9 Å². The van der Waals surface area contributed by atoms with Crippen molar-refractivity contribution in [2.24, 2.45) is 0 Å². The van der Waals surface area contributed by atoms with Crippen molar-refractivity contribution >= 4 is 0 Å². The maximum Gasteiger partial charge on any atom is 0.00899 e. The number of hydrogen-bond acceptors (Lipinski definition) is 0. The SMILES string of the molecule is [CH]1C=CC2=C1CC1=CCCC=C1C2. The van der Waals surface area contributed by atoms with Gasteiger partial charge < -0.3 is 0 Å². The first-order valence-electron chi connectivity index (χ1n) is 5.05. The molecule has 65 valence electrons. The van der Waals surface area contributed by atoms with Crippen molar-refractivity contribution in [1.82, 2.24) is 0 Å². The molecule has 0 bridgehead atoms. The van der Waals surface area contributed by atoms with E-state index in [1.165, 1.54) is 25.7 Å². The van der Waals surface area contributed by atoms with Crippen LogP contribution in [0.4, 0.5) is 0 Å². The Labute approximate surface area is 79.3 Å². The van der Waals surface area contributed by atoms with Crippen LogP contribution in [0.3, 0.4) is 0 Å². The minimum Gasteiger partial charge on any atom is -0.0804 e. The minimum absolute atomic E-state index is 1.17. The summed E-state index contributed by atoms with van der Waals surface area (Å²) in [7, 11) is 0. The van der Waals surface area contributed by atoms with Crippen LogP contribution < -0.4 is 0 Å². The van der Waals surface area contributed by atoms with Gasteiger partial charge in [-0.3, -0.25) is 0 Å². The molecule has 0 nitrogen and oxygen atoms in total. The lowest BCUT2D eigenvalue weighted by Crippen LogP contribution is -2.04. The van der Waals surface area contributed by atoms with Crippen LogP contribution in [0.5, 0.6) is 0 Å². The van der Waals surface area contributed by atoms with Gasteiger partial charge in [0.1, 0.15) is 0 Å². The highest BCUT2D eigenvalue weighted by Gasteiger charge is 2.21. The third kappa shape index (κ3) is 1.13. The smallest absolute Gasteiger partial charge is 0.00899 e. The molecule has 3 aliphatic carbocycles. The van der Waals surface area contributed by atoms with Crippen LogP contribution in [0.1, 0.15) is 25.7 Å². The zero-order valence-electron chi connectivity index (χ0n) is 7.72. The van der Waals surface area contributed by atoms with Crippen molar-refractivity contribution in [2.45, 2.75) is 25.7 Å². The van der Waals surface area contributed by atoms with Crippen molar-refractivity contribution in [1.29, 1.82) is 0 Å². The lowest BCUT2D eigenvalue weighted by atomic mass is 9.82. The van der Waals surface area contributed by atoms with E-state index in [0.29, 0.717) is 0 Å². The van der Waals surface area contributed by atoms with Gasteiger partial charge in [0, 0.05) is 6.42 Å². The Morgan fingerprint density at radius 2 is 1.54 bits per heavy atom. The highest BCUT2D eigenvalue weighted by atomic mass is 14.3. The van der Waals surface area contributed by atoms with Gasteiger partial charge in [0.2, 0.25) is 0 Å². The average molecular weight is 169 g/mol. The van der Waals surface area contributed by atoms with Crippen LogP contribution >= 0.6 is 0 Å². The second-order valence-corrected chi connectivity index (χ2v) is 3.97. The number of rotatable bonds is 0. The van der Waals surface area contributed by atoms with Gasteiger partial charge in [0.25, 0.3) is 0 Å². The molecule has 0 saturated carbocycles. The fourth-order valence-corrected chi connectivity index (χ4v) is 2.40. The Morgan fingerprint density at radius 1 is 0.846 bits per heavy atom. The van der Waals surface area contributed by atoms with Crippen LogP contribution in [0.15, 0.2) is 46.6 Å². The quantitative estimate of drug-likeness (QED) is 0.520. The summed E-state index contributed by atoms with van der Waals surface area (Å²) in [4.78, 5) is 0. The summed E-state index contributed by atoms with van der Waals surface area (Å²) in [5, 5.41) is 0. The van der Waals surface area contributed by atoms with E-state index in [4.69, 9.17) is 0 Å². The predicted molar refractivity (Wildman–Crippen MR) is 55.1 cm³/mol. The van der Waals surface area contributed by atoms with Crippen LogP contribution in [0.2, 0.25) is 0 Å². The Morgan fingerprint density at radius 3 is 2.31 bits per heavy atom. The molecule has 0 N–H and O–H groups in total. The van der Waals surface area contributed by atoms with Gasteiger partial charge in [-0.25, -0.2) is 0 Å². The zero-order chi connectivity index (χ0) is 8.67. The highest BCUT2D eigenvalue weighted by Crippen LogP contribution is 2.39. The van der Waals surface area contributed by atoms with Gasteiger partial charge in [-0.15, -0.1) is 0 Å². The third-order valence-corrected chi connectivity index (χ3v) is 3.13. The fourth-order valence-electron chi connectivity index (χ4n) is 2.40. The molecule has 13 heavy (non-hydrogen) atoms. The Hall–Kier alpha value is -1.04. The van der Waals surface area contributed by atoms with Crippen molar-refractivity contribution in [3.63, 3.8) is 0 Å². The Bertz CT molecular complexity index is 361. The molecule has 3 rings (SSSR count). The van der Waals surface area contributed by atoms with Crippen molar-refractivity contribution in [3.05, 3.63) is 53.0 Å². The van der Waals surface area contributed by atoms with Crippen LogP contribution in [0, 0.1) is 6.42 Å². The first kappa shape index (κ1) is 7.37. The van der Waals surface area contributed by atoms with E-state index in [9.17, 15) is 0 Å². The van der Waals surface area contributed by atoms with E-state index in [0.717, 1.165) is 0 Å².